The molecule has 6 nitrogen and oxygen atoms in total. The number of carbonyl (C=O) groups excluding carboxylic acids is 1. The largest absolute Gasteiger partial charge is 0.477 e. The predicted molar refractivity (Wildman–Crippen MR) is 91.4 cm³/mol. The van der Waals surface area contributed by atoms with E-state index in [-0.39, 0.29) is 10.8 Å². The summed E-state index contributed by atoms with van der Waals surface area (Å²) in [5.74, 6) is -1.19. The highest BCUT2D eigenvalue weighted by Gasteiger charge is 2.15. The highest BCUT2D eigenvalue weighted by molar-refractivity contribution is 7.17. The van der Waals surface area contributed by atoms with Crippen molar-refractivity contribution in [3.63, 3.8) is 0 Å². The number of nitrogens with zero attached hydrogens (tertiary/aromatic N) is 2. The van der Waals surface area contributed by atoms with Gasteiger partial charge in [0.05, 0.1) is 5.69 Å². The number of rotatable bonds is 4. The van der Waals surface area contributed by atoms with Crippen molar-refractivity contribution in [2.75, 3.05) is 5.32 Å². The Balaban J connectivity index is 1.77. The summed E-state index contributed by atoms with van der Waals surface area (Å²) in [6.45, 7) is 1.67. The van der Waals surface area contributed by atoms with Crippen LogP contribution in [0.4, 0.5) is 5.69 Å². The van der Waals surface area contributed by atoms with Crippen LogP contribution in [0.25, 0.3) is 10.6 Å². The first-order valence-electron chi connectivity index (χ1n) is 7.07. The Morgan fingerprint density at radius 1 is 1.08 bits per heavy atom. The molecule has 0 bridgehead atoms. The molecule has 0 aliphatic heterocycles. The van der Waals surface area contributed by atoms with Crippen LogP contribution in [-0.2, 0) is 0 Å². The number of hydrogen-bond acceptors (Lipinski definition) is 5. The fourth-order valence-corrected chi connectivity index (χ4v) is 3.03. The molecule has 3 rings (SSSR count). The van der Waals surface area contributed by atoms with Crippen LogP contribution in [-0.4, -0.2) is 27.0 Å². The van der Waals surface area contributed by atoms with Crippen molar-refractivity contribution < 1.29 is 14.7 Å². The summed E-state index contributed by atoms with van der Waals surface area (Å²) in [4.78, 5) is 31.6. The molecule has 0 atom stereocenters. The number of aromatic nitrogens is 2. The van der Waals surface area contributed by atoms with Crippen molar-refractivity contribution in [3.8, 4) is 10.6 Å². The Bertz CT molecular complexity index is 889. The lowest BCUT2D eigenvalue weighted by molar-refractivity contribution is 0.0701. The number of thiazole rings is 1. The second-order valence-corrected chi connectivity index (χ2v) is 6.01. The van der Waals surface area contributed by atoms with E-state index >= 15 is 0 Å². The summed E-state index contributed by atoms with van der Waals surface area (Å²) in [7, 11) is 0. The van der Waals surface area contributed by atoms with Crippen molar-refractivity contribution in [1.29, 1.82) is 0 Å². The van der Waals surface area contributed by atoms with Crippen molar-refractivity contribution in [2.45, 2.75) is 6.92 Å². The van der Waals surface area contributed by atoms with Gasteiger partial charge in [-0.05, 0) is 43.3 Å². The van der Waals surface area contributed by atoms with Gasteiger partial charge in [0.25, 0.3) is 5.91 Å². The average Bonchev–Trinajstić information content (AvgIpc) is 2.98. The Morgan fingerprint density at radius 2 is 1.75 bits per heavy atom. The summed E-state index contributed by atoms with van der Waals surface area (Å²) in [5.41, 5.74) is 2.47. The lowest BCUT2D eigenvalue weighted by Crippen LogP contribution is -2.11. The minimum Gasteiger partial charge on any atom is -0.477 e. The van der Waals surface area contributed by atoms with Crippen LogP contribution in [0.2, 0.25) is 0 Å². The van der Waals surface area contributed by atoms with E-state index in [2.05, 4.69) is 15.3 Å². The fourth-order valence-electron chi connectivity index (χ4n) is 2.12. The van der Waals surface area contributed by atoms with E-state index in [0.29, 0.717) is 22.0 Å². The Kier molecular flexibility index (Phi) is 4.35. The minimum atomic E-state index is -0.975. The van der Waals surface area contributed by atoms with Gasteiger partial charge in [-0.15, -0.1) is 11.3 Å². The molecular weight excluding hydrogens is 326 g/mol. The maximum atomic E-state index is 12.1. The first-order chi connectivity index (χ1) is 11.5. The highest BCUT2D eigenvalue weighted by atomic mass is 32.1. The van der Waals surface area contributed by atoms with E-state index in [4.69, 9.17) is 5.11 Å². The number of carboxylic acid groups (broad SMARTS) is 1. The van der Waals surface area contributed by atoms with Crippen molar-refractivity contribution in [2.24, 2.45) is 0 Å². The van der Waals surface area contributed by atoms with Crippen LogP contribution in [0.15, 0.2) is 48.8 Å². The van der Waals surface area contributed by atoms with E-state index in [1.807, 2.05) is 0 Å². The lowest BCUT2D eigenvalue weighted by atomic mass is 10.2. The normalized spacial score (nSPS) is 10.4. The van der Waals surface area contributed by atoms with E-state index in [9.17, 15) is 9.59 Å². The SMILES string of the molecule is Cc1nc(-c2ccc(NC(=O)c3ccncc3)cc2)sc1C(=O)O. The number of carbonyl (C=O) groups is 2. The lowest BCUT2D eigenvalue weighted by Gasteiger charge is -2.05. The zero-order valence-electron chi connectivity index (χ0n) is 12.7. The van der Waals surface area contributed by atoms with Gasteiger partial charge in [0, 0.05) is 29.2 Å². The Labute approximate surface area is 141 Å². The molecule has 2 aromatic heterocycles. The molecule has 7 heteroatoms. The summed E-state index contributed by atoms with van der Waals surface area (Å²) in [5, 5.41) is 12.5. The van der Waals surface area contributed by atoms with Crippen LogP contribution in [0.5, 0.6) is 0 Å². The molecule has 1 amide bonds. The summed E-state index contributed by atoms with van der Waals surface area (Å²) >= 11 is 1.13. The van der Waals surface area contributed by atoms with Crippen LogP contribution in [0, 0.1) is 6.92 Å². The molecular formula is C17H13N3O3S. The van der Waals surface area contributed by atoms with Gasteiger partial charge >= 0.3 is 5.97 Å². The quantitative estimate of drug-likeness (QED) is 0.759. The third kappa shape index (κ3) is 3.31. The van der Waals surface area contributed by atoms with Crippen LogP contribution < -0.4 is 5.32 Å². The monoisotopic (exact) mass is 339 g/mol. The number of aromatic carboxylic acids is 1. The molecule has 0 unspecified atom stereocenters. The number of pyridine rings is 1. The van der Waals surface area contributed by atoms with E-state index in [0.717, 1.165) is 16.9 Å². The molecule has 0 fully saturated rings. The van der Waals surface area contributed by atoms with Gasteiger partial charge in [0.1, 0.15) is 9.88 Å². The van der Waals surface area contributed by atoms with Crippen LogP contribution in [0.3, 0.4) is 0 Å². The van der Waals surface area contributed by atoms with Gasteiger partial charge < -0.3 is 10.4 Å². The van der Waals surface area contributed by atoms with Crippen molar-refractivity contribution in [3.05, 3.63) is 64.9 Å². The third-order valence-electron chi connectivity index (χ3n) is 3.32. The number of amides is 1. The summed E-state index contributed by atoms with van der Waals surface area (Å²) in [6, 6.07) is 10.4. The summed E-state index contributed by atoms with van der Waals surface area (Å²) < 4.78 is 0. The molecule has 0 saturated carbocycles. The topological polar surface area (TPSA) is 92.2 Å². The molecule has 0 aliphatic rings. The van der Waals surface area contributed by atoms with Gasteiger partial charge in [0.2, 0.25) is 0 Å². The molecule has 3 aromatic rings. The number of carboxylic acids is 1. The zero-order valence-corrected chi connectivity index (χ0v) is 13.5. The molecule has 120 valence electrons. The maximum absolute atomic E-state index is 12.1. The number of nitrogens with one attached hydrogen (secondary N) is 1. The number of benzene rings is 1. The number of aryl methyl sites for hydroxylation is 1. The third-order valence-corrected chi connectivity index (χ3v) is 4.52. The van der Waals surface area contributed by atoms with E-state index in [1.165, 1.54) is 0 Å². The molecule has 2 heterocycles. The highest BCUT2D eigenvalue weighted by Crippen LogP contribution is 2.28. The van der Waals surface area contributed by atoms with Gasteiger partial charge in [-0.1, -0.05) is 0 Å². The number of hydrogen-bond donors (Lipinski definition) is 2. The second-order valence-electron chi connectivity index (χ2n) is 5.01. The Morgan fingerprint density at radius 3 is 2.33 bits per heavy atom. The van der Waals surface area contributed by atoms with Gasteiger partial charge in [-0.25, -0.2) is 9.78 Å². The standard InChI is InChI=1S/C17H13N3O3S/c1-10-14(17(22)23)24-16(19-10)12-2-4-13(5-3-12)20-15(21)11-6-8-18-9-7-11/h2-9H,1H3,(H,20,21)(H,22,23). The average molecular weight is 339 g/mol. The molecule has 24 heavy (non-hydrogen) atoms. The van der Waals surface area contributed by atoms with Gasteiger partial charge in [-0.2, -0.15) is 0 Å². The van der Waals surface area contributed by atoms with E-state index < -0.39 is 5.97 Å². The minimum absolute atomic E-state index is 0.219. The molecule has 1 aromatic carbocycles. The molecule has 0 aliphatic carbocycles. The first kappa shape index (κ1) is 15.8. The molecule has 2 N–H and O–H groups in total. The van der Waals surface area contributed by atoms with Crippen LogP contribution >= 0.6 is 11.3 Å². The fraction of sp³-hybridized carbons (Fsp3) is 0.0588. The van der Waals surface area contributed by atoms with Crippen molar-refractivity contribution >= 4 is 28.9 Å². The zero-order chi connectivity index (χ0) is 17.1. The molecule has 0 spiro atoms. The first-order valence-corrected chi connectivity index (χ1v) is 7.89. The summed E-state index contributed by atoms with van der Waals surface area (Å²) in [6.07, 6.45) is 3.12. The molecule has 0 saturated heterocycles. The number of anilines is 1. The van der Waals surface area contributed by atoms with Gasteiger partial charge in [-0.3, -0.25) is 9.78 Å². The maximum Gasteiger partial charge on any atom is 0.347 e. The van der Waals surface area contributed by atoms with Gasteiger partial charge in [0.15, 0.2) is 0 Å². The van der Waals surface area contributed by atoms with Crippen molar-refractivity contribution in [1.82, 2.24) is 9.97 Å². The Hall–Kier alpha value is -3.06. The predicted octanol–water partition coefficient (Wildman–Crippen LogP) is 3.46. The molecule has 0 radical (unpaired) electrons. The smallest absolute Gasteiger partial charge is 0.347 e. The second kappa shape index (κ2) is 6.59. The van der Waals surface area contributed by atoms with E-state index in [1.54, 1.807) is 55.7 Å². The van der Waals surface area contributed by atoms with Crippen LogP contribution in [0.1, 0.15) is 25.7 Å².